The Hall–Kier alpha value is -1.06. The molecule has 0 radical (unpaired) electrons. The minimum atomic E-state index is 0.370. The largest absolute Gasteiger partial charge is 0.508 e. The summed E-state index contributed by atoms with van der Waals surface area (Å²) in [4.78, 5) is 2.56. The molecule has 1 unspecified atom stereocenters. The maximum atomic E-state index is 9.86. The number of aromatic hydroxyl groups is 1. The summed E-state index contributed by atoms with van der Waals surface area (Å²) in [7, 11) is 0. The molecule has 0 bridgehead atoms. The number of ether oxygens (including phenoxy) is 1. The molecule has 1 saturated carbocycles. The second kappa shape index (κ2) is 7.67. The summed E-state index contributed by atoms with van der Waals surface area (Å²) in [5, 5.41) is 9.86. The molecule has 0 spiro atoms. The minimum absolute atomic E-state index is 0.370. The summed E-state index contributed by atoms with van der Waals surface area (Å²) >= 11 is 0. The molecule has 3 nitrogen and oxygen atoms in total. The number of benzene rings is 1. The SMILES string of the molecule is C[C@H]1CCN(CCOC2CCCC2)C(c2cccc(O)c2)[C@@H]1C. The van der Waals surface area contributed by atoms with Gasteiger partial charge in [-0.1, -0.05) is 38.8 Å². The summed E-state index contributed by atoms with van der Waals surface area (Å²) in [5.41, 5.74) is 1.24. The van der Waals surface area contributed by atoms with Crippen LogP contribution in [0.3, 0.4) is 0 Å². The Kier molecular flexibility index (Phi) is 5.60. The molecule has 2 fully saturated rings. The Labute approximate surface area is 140 Å². The molecule has 23 heavy (non-hydrogen) atoms. The Bertz CT molecular complexity index is 498. The van der Waals surface area contributed by atoms with Crippen LogP contribution in [0.4, 0.5) is 0 Å². The highest BCUT2D eigenvalue weighted by molar-refractivity contribution is 5.30. The number of phenols is 1. The van der Waals surface area contributed by atoms with Crippen molar-refractivity contribution in [2.24, 2.45) is 11.8 Å². The predicted molar refractivity (Wildman–Crippen MR) is 93.6 cm³/mol. The lowest BCUT2D eigenvalue weighted by molar-refractivity contribution is 0.00481. The van der Waals surface area contributed by atoms with Gasteiger partial charge < -0.3 is 9.84 Å². The standard InChI is InChI=1S/C20H31NO2/c1-15-10-11-21(12-13-23-19-8-3-4-9-19)20(16(15)2)17-6-5-7-18(22)14-17/h5-7,14-16,19-20,22H,3-4,8-13H2,1-2H3/t15-,16+,20?/m0/s1. The van der Waals surface area contributed by atoms with Crippen LogP contribution in [0.5, 0.6) is 5.75 Å². The Morgan fingerprint density at radius 2 is 1.96 bits per heavy atom. The highest BCUT2D eigenvalue weighted by Crippen LogP contribution is 2.39. The lowest BCUT2D eigenvalue weighted by Crippen LogP contribution is -2.43. The number of likely N-dealkylation sites (tertiary alicyclic amines) is 1. The van der Waals surface area contributed by atoms with Gasteiger partial charge in [-0.05, 0) is 55.3 Å². The van der Waals surface area contributed by atoms with Crippen LogP contribution in [0.1, 0.15) is 57.6 Å². The van der Waals surface area contributed by atoms with Crippen molar-refractivity contribution >= 4 is 0 Å². The fourth-order valence-electron chi connectivity index (χ4n) is 4.28. The van der Waals surface area contributed by atoms with E-state index in [0.29, 0.717) is 29.7 Å². The van der Waals surface area contributed by atoms with Gasteiger partial charge in [0.15, 0.2) is 0 Å². The van der Waals surface area contributed by atoms with Crippen LogP contribution < -0.4 is 0 Å². The van der Waals surface area contributed by atoms with Crippen LogP contribution in [0.15, 0.2) is 24.3 Å². The topological polar surface area (TPSA) is 32.7 Å². The molecule has 1 aliphatic heterocycles. The zero-order valence-electron chi connectivity index (χ0n) is 14.6. The second-order valence-corrected chi connectivity index (χ2v) is 7.48. The number of piperidine rings is 1. The van der Waals surface area contributed by atoms with Crippen molar-refractivity contribution in [3.8, 4) is 5.75 Å². The molecule has 3 atom stereocenters. The highest BCUT2D eigenvalue weighted by atomic mass is 16.5. The van der Waals surface area contributed by atoms with E-state index in [0.717, 1.165) is 19.7 Å². The van der Waals surface area contributed by atoms with Gasteiger partial charge in [0.2, 0.25) is 0 Å². The Morgan fingerprint density at radius 1 is 1.17 bits per heavy atom. The maximum absolute atomic E-state index is 9.86. The summed E-state index contributed by atoms with van der Waals surface area (Å²) in [5.74, 6) is 1.68. The van der Waals surface area contributed by atoms with Gasteiger partial charge >= 0.3 is 0 Å². The van der Waals surface area contributed by atoms with Crippen LogP contribution in [0, 0.1) is 11.8 Å². The second-order valence-electron chi connectivity index (χ2n) is 7.48. The molecule has 1 heterocycles. The van der Waals surface area contributed by atoms with Gasteiger partial charge in [-0.3, -0.25) is 4.90 Å². The lowest BCUT2D eigenvalue weighted by Gasteiger charge is -2.43. The van der Waals surface area contributed by atoms with Crippen LogP contribution in [0.25, 0.3) is 0 Å². The molecule has 1 saturated heterocycles. The first-order chi connectivity index (χ1) is 11.1. The molecule has 1 aliphatic carbocycles. The van der Waals surface area contributed by atoms with E-state index in [1.807, 2.05) is 12.1 Å². The third-order valence-corrected chi connectivity index (χ3v) is 5.91. The molecule has 1 aromatic rings. The smallest absolute Gasteiger partial charge is 0.115 e. The van der Waals surface area contributed by atoms with Crippen LogP contribution in [-0.4, -0.2) is 35.8 Å². The number of hydrogen-bond acceptors (Lipinski definition) is 3. The highest BCUT2D eigenvalue weighted by Gasteiger charge is 2.34. The normalized spacial score (nSPS) is 29.9. The van der Waals surface area contributed by atoms with Gasteiger partial charge in [-0.15, -0.1) is 0 Å². The van der Waals surface area contributed by atoms with Crippen molar-refractivity contribution in [2.75, 3.05) is 19.7 Å². The fourth-order valence-corrected chi connectivity index (χ4v) is 4.28. The van der Waals surface area contributed by atoms with E-state index >= 15 is 0 Å². The summed E-state index contributed by atoms with van der Waals surface area (Å²) in [6.07, 6.45) is 6.88. The summed E-state index contributed by atoms with van der Waals surface area (Å²) in [6, 6.07) is 8.20. The first-order valence-corrected chi connectivity index (χ1v) is 9.29. The molecule has 0 amide bonds. The number of nitrogens with zero attached hydrogens (tertiary/aromatic N) is 1. The minimum Gasteiger partial charge on any atom is -0.508 e. The van der Waals surface area contributed by atoms with E-state index in [1.54, 1.807) is 6.07 Å². The van der Waals surface area contributed by atoms with Crippen LogP contribution >= 0.6 is 0 Å². The molecule has 128 valence electrons. The Morgan fingerprint density at radius 3 is 2.70 bits per heavy atom. The zero-order chi connectivity index (χ0) is 16.2. The van der Waals surface area contributed by atoms with Gasteiger partial charge in [0.1, 0.15) is 5.75 Å². The molecular formula is C20H31NO2. The number of hydrogen-bond donors (Lipinski definition) is 1. The maximum Gasteiger partial charge on any atom is 0.115 e. The summed E-state index contributed by atoms with van der Waals surface area (Å²) in [6.45, 7) is 7.66. The molecule has 1 N–H and O–H groups in total. The van der Waals surface area contributed by atoms with E-state index in [2.05, 4.69) is 24.8 Å². The van der Waals surface area contributed by atoms with Gasteiger partial charge in [-0.2, -0.15) is 0 Å². The Balaban J connectivity index is 1.65. The molecule has 2 aliphatic rings. The van der Waals surface area contributed by atoms with E-state index in [9.17, 15) is 5.11 Å². The molecule has 1 aromatic carbocycles. The van der Waals surface area contributed by atoms with Crippen molar-refractivity contribution in [3.05, 3.63) is 29.8 Å². The van der Waals surface area contributed by atoms with Gasteiger partial charge in [0.05, 0.1) is 12.7 Å². The van der Waals surface area contributed by atoms with Crippen LogP contribution in [-0.2, 0) is 4.74 Å². The van der Waals surface area contributed by atoms with Crippen molar-refractivity contribution < 1.29 is 9.84 Å². The van der Waals surface area contributed by atoms with Gasteiger partial charge in [0, 0.05) is 12.6 Å². The first kappa shape index (κ1) is 16.8. The van der Waals surface area contributed by atoms with E-state index in [4.69, 9.17) is 4.74 Å². The quantitative estimate of drug-likeness (QED) is 0.875. The molecule has 3 heteroatoms. The number of rotatable bonds is 5. The van der Waals surface area contributed by atoms with E-state index < -0.39 is 0 Å². The summed E-state index contributed by atoms with van der Waals surface area (Å²) < 4.78 is 6.08. The van der Waals surface area contributed by atoms with E-state index in [1.165, 1.54) is 37.7 Å². The average molecular weight is 317 g/mol. The van der Waals surface area contributed by atoms with Crippen molar-refractivity contribution in [3.63, 3.8) is 0 Å². The van der Waals surface area contributed by atoms with Crippen molar-refractivity contribution in [1.82, 2.24) is 4.90 Å². The lowest BCUT2D eigenvalue weighted by atomic mass is 9.79. The van der Waals surface area contributed by atoms with Gasteiger partial charge in [0.25, 0.3) is 0 Å². The van der Waals surface area contributed by atoms with Crippen molar-refractivity contribution in [2.45, 2.75) is 58.1 Å². The van der Waals surface area contributed by atoms with Crippen molar-refractivity contribution in [1.29, 1.82) is 0 Å². The van der Waals surface area contributed by atoms with E-state index in [-0.39, 0.29) is 0 Å². The predicted octanol–water partition coefficient (Wildman–Crippen LogP) is 4.37. The average Bonchev–Trinajstić information content (AvgIpc) is 3.04. The number of phenolic OH excluding ortho intramolecular Hbond substituents is 1. The van der Waals surface area contributed by atoms with Gasteiger partial charge in [-0.25, -0.2) is 0 Å². The molecular weight excluding hydrogens is 286 g/mol. The molecule has 3 rings (SSSR count). The zero-order valence-corrected chi connectivity index (χ0v) is 14.6. The monoisotopic (exact) mass is 317 g/mol. The van der Waals surface area contributed by atoms with Crippen LogP contribution in [0.2, 0.25) is 0 Å². The molecule has 0 aromatic heterocycles. The third-order valence-electron chi connectivity index (χ3n) is 5.91. The first-order valence-electron chi connectivity index (χ1n) is 9.29. The fraction of sp³-hybridized carbons (Fsp3) is 0.700. The third kappa shape index (κ3) is 4.07.